The second-order valence-electron chi connectivity index (χ2n) is 6.65. The predicted molar refractivity (Wildman–Crippen MR) is 116 cm³/mol. The van der Waals surface area contributed by atoms with Crippen molar-refractivity contribution in [1.29, 1.82) is 0 Å². The summed E-state index contributed by atoms with van der Waals surface area (Å²) in [5, 5.41) is 11.9. The summed E-state index contributed by atoms with van der Waals surface area (Å²) in [7, 11) is 0. The summed E-state index contributed by atoms with van der Waals surface area (Å²) < 4.78 is 2.06. The molecule has 2 N–H and O–H groups in total. The fourth-order valence-corrected chi connectivity index (χ4v) is 3.26. The highest BCUT2D eigenvalue weighted by molar-refractivity contribution is 7.80. The van der Waals surface area contributed by atoms with Gasteiger partial charge in [-0.05, 0) is 55.7 Å². The number of rotatable bonds is 6. The highest BCUT2D eigenvalue weighted by Crippen LogP contribution is 2.15. The molecule has 0 aliphatic rings. The molecule has 0 aliphatic heterocycles. The van der Waals surface area contributed by atoms with Crippen LogP contribution in [0.4, 0.5) is 5.69 Å². The van der Waals surface area contributed by atoms with Gasteiger partial charge in [0.25, 0.3) is 0 Å². The Kier molecular flexibility index (Phi) is 6.24. The summed E-state index contributed by atoms with van der Waals surface area (Å²) in [5.74, 6) is 0. The van der Waals surface area contributed by atoms with Gasteiger partial charge in [0.1, 0.15) is 0 Å². The molecule has 0 atom stereocenters. The molecule has 0 saturated heterocycles. The van der Waals surface area contributed by atoms with Crippen LogP contribution < -0.4 is 10.6 Å². The lowest BCUT2D eigenvalue weighted by molar-refractivity contribution is 0.657. The van der Waals surface area contributed by atoms with Gasteiger partial charge in [0.05, 0.1) is 12.2 Å². The predicted octanol–water partition coefficient (Wildman–Crippen LogP) is 4.60. The average Bonchev–Trinajstić information content (AvgIpc) is 2.94. The number of hydrogen-bond donors (Lipinski definition) is 2. The molecule has 27 heavy (non-hydrogen) atoms. The van der Waals surface area contributed by atoms with E-state index < -0.39 is 0 Å². The number of hydrogen-bond acceptors (Lipinski definition) is 2. The van der Waals surface area contributed by atoms with Crippen LogP contribution in [0, 0.1) is 13.8 Å². The Morgan fingerprint density at radius 1 is 1.00 bits per heavy atom. The van der Waals surface area contributed by atoms with Gasteiger partial charge >= 0.3 is 0 Å². The Morgan fingerprint density at radius 3 is 2.37 bits per heavy atom. The molecular weight excluding hydrogens is 352 g/mol. The van der Waals surface area contributed by atoms with Crippen LogP contribution in [0.3, 0.4) is 0 Å². The number of benzene rings is 2. The number of anilines is 1. The van der Waals surface area contributed by atoms with E-state index in [-0.39, 0.29) is 0 Å². The summed E-state index contributed by atoms with van der Waals surface area (Å²) >= 11 is 5.45. The molecule has 0 aliphatic carbocycles. The van der Waals surface area contributed by atoms with Crippen LogP contribution in [0.25, 0.3) is 0 Å². The Bertz CT molecular complexity index is 898. The molecule has 3 rings (SSSR count). The third-order valence-corrected chi connectivity index (χ3v) is 5.00. The van der Waals surface area contributed by atoms with E-state index in [0.29, 0.717) is 11.7 Å². The van der Waals surface area contributed by atoms with Crippen LogP contribution in [-0.4, -0.2) is 14.9 Å². The molecular formula is C22H26N4S. The minimum atomic E-state index is 0.619. The van der Waals surface area contributed by atoms with Crippen LogP contribution in [0.2, 0.25) is 0 Å². The zero-order valence-corrected chi connectivity index (χ0v) is 16.9. The molecule has 0 radical (unpaired) electrons. The smallest absolute Gasteiger partial charge is 0.171 e. The molecule has 0 fully saturated rings. The van der Waals surface area contributed by atoms with Crippen molar-refractivity contribution in [1.82, 2.24) is 15.1 Å². The van der Waals surface area contributed by atoms with Gasteiger partial charge in [-0.1, -0.05) is 49.4 Å². The maximum atomic E-state index is 5.45. The summed E-state index contributed by atoms with van der Waals surface area (Å²) in [6.45, 7) is 7.74. The minimum Gasteiger partial charge on any atom is -0.358 e. The Balaban J connectivity index is 1.61. The second kappa shape index (κ2) is 8.82. The van der Waals surface area contributed by atoms with Crippen molar-refractivity contribution < 1.29 is 0 Å². The first kappa shape index (κ1) is 19.1. The largest absolute Gasteiger partial charge is 0.358 e. The van der Waals surface area contributed by atoms with Gasteiger partial charge in [-0.15, -0.1) is 0 Å². The topological polar surface area (TPSA) is 41.9 Å². The first-order valence-electron chi connectivity index (χ1n) is 9.27. The third kappa shape index (κ3) is 4.95. The first-order valence-corrected chi connectivity index (χ1v) is 9.68. The normalized spacial score (nSPS) is 10.6. The summed E-state index contributed by atoms with van der Waals surface area (Å²) in [5.41, 5.74) is 6.95. The number of thiocarbonyl (C=S) groups is 1. The lowest BCUT2D eigenvalue weighted by atomic mass is 10.1. The molecule has 5 heteroatoms. The molecule has 0 bridgehead atoms. The van der Waals surface area contributed by atoms with Crippen molar-refractivity contribution >= 4 is 23.0 Å². The SMILES string of the molecule is CCc1ccc(NC(=S)NCc2c(C)nn(Cc3ccccc3)c2C)cc1. The van der Waals surface area contributed by atoms with Gasteiger partial charge in [-0.25, -0.2) is 0 Å². The Hall–Kier alpha value is -2.66. The van der Waals surface area contributed by atoms with E-state index in [1.54, 1.807) is 0 Å². The van der Waals surface area contributed by atoms with E-state index in [2.05, 4.69) is 77.7 Å². The zero-order valence-electron chi connectivity index (χ0n) is 16.1. The van der Waals surface area contributed by atoms with Crippen LogP contribution in [0.5, 0.6) is 0 Å². The maximum absolute atomic E-state index is 5.45. The summed E-state index contributed by atoms with van der Waals surface area (Å²) in [6, 6.07) is 18.7. The molecule has 0 spiro atoms. The van der Waals surface area contributed by atoms with Crippen LogP contribution in [-0.2, 0) is 19.5 Å². The highest BCUT2D eigenvalue weighted by atomic mass is 32.1. The average molecular weight is 379 g/mol. The van der Waals surface area contributed by atoms with Crippen molar-refractivity contribution in [2.45, 2.75) is 40.3 Å². The molecule has 2 aromatic carbocycles. The summed E-state index contributed by atoms with van der Waals surface area (Å²) in [4.78, 5) is 0. The zero-order chi connectivity index (χ0) is 19.2. The van der Waals surface area contributed by atoms with Crippen LogP contribution >= 0.6 is 12.2 Å². The molecule has 4 nitrogen and oxygen atoms in total. The number of aromatic nitrogens is 2. The van der Waals surface area contributed by atoms with Gasteiger partial charge in [0.2, 0.25) is 0 Å². The molecule has 140 valence electrons. The van der Waals surface area contributed by atoms with E-state index in [0.717, 1.165) is 24.3 Å². The lowest BCUT2D eigenvalue weighted by Crippen LogP contribution is -2.28. The molecule has 1 heterocycles. The number of nitrogens with one attached hydrogen (secondary N) is 2. The minimum absolute atomic E-state index is 0.619. The lowest BCUT2D eigenvalue weighted by Gasteiger charge is -2.11. The number of aryl methyl sites for hydroxylation is 2. The molecule has 0 saturated carbocycles. The van der Waals surface area contributed by atoms with Crippen molar-refractivity contribution in [3.05, 3.63) is 82.7 Å². The quantitative estimate of drug-likeness (QED) is 0.615. The second-order valence-corrected chi connectivity index (χ2v) is 7.06. The van der Waals surface area contributed by atoms with Gasteiger partial charge in [0, 0.05) is 23.5 Å². The van der Waals surface area contributed by atoms with Gasteiger partial charge < -0.3 is 10.6 Å². The van der Waals surface area contributed by atoms with E-state index in [4.69, 9.17) is 17.3 Å². The fourth-order valence-electron chi connectivity index (χ4n) is 3.07. The monoisotopic (exact) mass is 378 g/mol. The van der Waals surface area contributed by atoms with Gasteiger partial charge in [-0.3, -0.25) is 4.68 Å². The first-order chi connectivity index (χ1) is 13.1. The Morgan fingerprint density at radius 2 is 1.70 bits per heavy atom. The molecule has 0 unspecified atom stereocenters. The van der Waals surface area contributed by atoms with Gasteiger partial charge in [-0.2, -0.15) is 5.10 Å². The molecule has 1 aromatic heterocycles. The van der Waals surface area contributed by atoms with Crippen LogP contribution in [0.1, 0.15) is 35.0 Å². The third-order valence-electron chi connectivity index (χ3n) is 4.75. The molecule has 3 aromatic rings. The van der Waals surface area contributed by atoms with Gasteiger partial charge in [0.15, 0.2) is 5.11 Å². The van der Waals surface area contributed by atoms with Crippen molar-refractivity contribution in [2.24, 2.45) is 0 Å². The highest BCUT2D eigenvalue weighted by Gasteiger charge is 2.12. The standard InChI is InChI=1S/C22H26N4S/c1-4-18-10-12-20(13-11-18)24-22(27)23-14-21-16(2)25-26(17(21)3)15-19-8-6-5-7-9-19/h5-13H,4,14-15H2,1-3H3,(H2,23,24,27). The van der Waals surface area contributed by atoms with Crippen molar-refractivity contribution in [3.8, 4) is 0 Å². The fraction of sp³-hybridized carbons (Fsp3) is 0.273. The van der Waals surface area contributed by atoms with E-state index in [1.807, 2.05) is 13.0 Å². The number of nitrogens with zero attached hydrogens (tertiary/aromatic N) is 2. The van der Waals surface area contributed by atoms with E-state index >= 15 is 0 Å². The van der Waals surface area contributed by atoms with Crippen molar-refractivity contribution in [3.63, 3.8) is 0 Å². The van der Waals surface area contributed by atoms with Crippen molar-refractivity contribution in [2.75, 3.05) is 5.32 Å². The molecule has 0 amide bonds. The summed E-state index contributed by atoms with van der Waals surface area (Å²) in [6.07, 6.45) is 1.04. The van der Waals surface area contributed by atoms with Crippen LogP contribution in [0.15, 0.2) is 54.6 Å². The Labute approximate surface area is 166 Å². The van der Waals surface area contributed by atoms with E-state index in [1.165, 1.54) is 22.4 Å². The maximum Gasteiger partial charge on any atom is 0.171 e. The van der Waals surface area contributed by atoms with E-state index in [9.17, 15) is 0 Å².